The smallest absolute Gasteiger partial charge is 0.355 e. The number of furan rings is 1. The average Bonchev–Trinajstić information content (AvgIpc) is 3.48. The minimum absolute atomic E-state index is 0.277. The van der Waals surface area contributed by atoms with Crippen molar-refractivity contribution in [2.24, 2.45) is 5.10 Å². The van der Waals surface area contributed by atoms with E-state index in [1.54, 1.807) is 48.9 Å². The molecule has 0 saturated heterocycles. The molecular weight excluding hydrogens is 394 g/mol. The lowest BCUT2D eigenvalue weighted by molar-refractivity contribution is -0.142. The van der Waals surface area contributed by atoms with E-state index in [9.17, 15) is 9.59 Å². The fraction of sp³-hybridized carbons (Fsp3) is 0.190. The Hall–Kier alpha value is -3.32. The molecule has 0 fully saturated rings. The first kappa shape index (κ1) is 19.0. The summed E-state index contributed by atoms with van der Waals surface area (Å²) in [5.41, 5.74) is 1.86. The molecule has 1 aromatic carbocycles. The third-order valence-electron chi connectivity index (χ3n) is 4.63. The molecule has 148 valence electrons. The molecule has 3 heterocycles. The summed E-state index contributed by atoms with van der Waals surface area (Å²) in [6, 6.07) is 13.6. The van der Waals surface area contributed by atoms with Crippen molar-refractivity contribution < 1.29 is 18.7 Å². The minimum atomic E-state index is -1.02. The standard InChI is InChI=1S/C21H18ClN3O4/c1-13(29-21(27)16-4-2-10-23-16)20(26)25-18(19-5-3-11-28-19)12-17(24-25)14-6-8-15(22)9-7-14/h2-11,13,18,23H,12H2,1H3/t13-,18+/m1/s1. The second-order valence-electron chi connectivity index (χ2n) is 6.60. The van der Waals surface area contributed by atoms with Crippen molar-refractivity contribution in [2.45, 2.75) is 25.5 Å². The van der Waals surface area contributed by atoms with Crippen LogP contribution in [0.25, 0.3) is 0 Å². The van der Waals surface area contributed by atoms with Crippen LogP contribution in [0, 0.1) is 0 Å². The number of carbonyl (C=O) groups excluding carboxylic acids is 2. The summed E-state index contributed by atoms with van der Waals surface area (Å²) < 4.78 is 10.8. The molecule has 3 aromatic rings. The van der Waals surface area contributed by atoms with Crippen LogP contribution in [0.5, 0.6) is 0 Å². The lowest BCUT2D eigenvalue weighted by Crippen LogP contribution is -2.37. The van der Waals surface area contributed by atoms with Gasteiger partial charge in [-0.2, -0.15) is 5.10 Å². The number of amides is 1. The Balaban J connectivity index is 1.57. The zero-order valence-electron chi connectivity index (χ0n) is 15.5. The fourth-order valence-corrected chi connectivity index (χ4v) is 3.28. The fourth-order valence-electron chi connectivity index (χ4n) is 3.15. The first-order valence-corrected chi connectivity index (χ1v) is 9.45. The molecule has 1 amide bonds. The zero-order valence-corrected chi connectivity index (χ0v) is 16.3. The van der Waals surface area contributed by atoms with Gasteiger partial charge in [-0.3, -0.25) is 4.79 Å². The molecule has 7 nitrogen and oxygen atoms in total. The molecule has 0 bridgehead atoms. The quantitative estimate of drug-likeness (QED) is 0.638. The van der Waals surface area contributed by atoms with E-state index < -0.39 is 24.0 Å². The Bertz CT molecular complexity index is 1030. The number of hydrazone groups is 1. The highest BCUT2D eigenvalue weighted by Gasteiger charge is 2.38. The maximum Gasteiger partial charge on any atom is 0.355 e. The molecule has 0 unspecified atom stereocenters. The minimum Gasteiger partial charge on any atom is -0.467 e. The number of aromatic nitrogens is 1. The summed E-state index contributed by atoms with van der Waals surface area (Å²) in [7, 11) is 0. The summed E-state index contributed by atoms with van der Waals surface area (Å²) in [6.07, 6.45) is 2.61. The number of benzene rings is 1. The van der Waals surface area contributed by atoms with Crippen molar-refractivity contribution in [1.82, 2.24) is 9.99 Å². The Morgan fingerprint density at radius 3 is 2.69 bits per heavy atom. The number of H-pyrrole nitrogens is 1. The van der Waals surface area contributed by atoms with Crippen molar-refractivity contribution >= 4 is 29.2 Å². The van der Waals surface area contributed by atoms with Crippen molar-refractivity contribution in [2.75, 3.05) is 0 Å². The molecule has 4 rings (SSSR count). The van der Waals surface area contributed by atoms with Crippen molar-refractivity contribution in [3.8, 4) is 0 Å². The Morgan fingerprint density at radius 2 is 2.03 bits per heavy atom. The number of carbonyl (C=O) groups is 2. The Kier molecular flexibility index (Phi) is 5.22. The molecule has 0 aliphatic carbocycles. The van der Waals surface area contributed by atoms with E-state index in [1.807, 2.05) is 12.1 Å². The predicted octanol–water partition coefficient (Wildman–Crippen LogP) is 4.18. The van der Waals surface area contributed by atoms with E-state index in [2.05, 4.69) is 10.1 Å². The highest BCUT2D eigenvalue weighted by Crippen LogP contribution is 2.34. The maximum absolute atomic E-state index is 13.1. The molecule has 2 atom stereocenters. The SMILES string of the molecule is C[C@@H](OC(=O)c1ccc[nH]1)C(=O)N1N=C(c2ccc(Cl)cc2)C[C@H]1c1ccco1. The average molecular weight is 412 g/mol. The van der Waals surface area contributed by atoms with Crippen LogP contribution in [-0.2, 0) is 9.53 Å². The van der Waals surface area contributed by atoms with Gasteiger partial charge >= 0.3 is 5.97 Å². The van der Waals surface area contributed by atoms with E-state index in [4.69, 9.17) is 20.8 Å². The number of nitrogens with zero attached hydrogens (tertiary/aromatic N) is 2. The van der Waals surface area contributed by atoms with Gasteiger partial charge in [0.05, 0.1) is 12.0 Å². The Morgan fingerprint density at radius 1 is 1.24 bits per heavy atom. The molecule has 0 spiro atoms. The summed E-state index contributed by atoms with van der Waals surface area (Å²) >= 11 is 5.97. The van der Waals surface area contributed by atoms with Crippen LogP contribution >= 0.6 is 11.6 Å². The first-order chi connectivity index (χ1) is 14.0. The van der Waals surface area contributed by atoms with Crippen LogP contribution < -0.4 is 0 Å². The van der Waals surface area contributed by atoms with Gasteiger partial charge in [-0.1, -0.05) is 23.7 Å². The van der Waals surface area contributed by atoms with Crippen LogP contribution in [0.3, 0.4) is 0 Å². The molecule has 0 saturated carbocycles. The summed E-state index contributed by atoms with van der Waals surface area (Å²) in [4.78, 5) is 28.0. The van der Waals surface area contributed by atoms with Gasteiger partial charge in [0.1, 0.15) is 17.5 Å². The van der Waals surface area contributed by atoms with Crippen LogP contribution in [0.1, 0.15) is 41.2 Å². The predicted molar refractivity (Wildman–Crippen MR) is 107 cm³/mol. The summed E-state index contributed by atoms with van der Waals surface area (Å²) in [6.45, 7) is 1.53. The van der Waals surface area contributed by atoms with Gasteiger partial charge in [0.25, 0.3) is 5.91 Å². The van der Waals surface area contributed by atoms with Crippen molar-refractivity contribution in [3.63, 3.8) is 0 Å². The van der Waals surface area contributed by atoms with Gasteiger partial charge in [-0.15, -0.1) is 0 Å². The highest BCUT2D eigenvalue weighted by molar-refractivity contribution is 6.30. The van der Waals surface area contributed by atoms with Crippen molar-refractivity contribution in [3.05, 3.63) is 83.0 Å². The summed E-state index contributed by atoms with van der Waals surface area (Å²) in [5, 5.41) is 6.46. The number of hydrogen-bond donors (Lipinski definition) is 1. The van der Waals surface area contributed by atoms with Gasteiger partial charge in [-0.25, -0.2) is 9.80 Å². The van der Waals surface area contributed by atoms with Crippen LogP contribution in [0.15, 0.2) is 70.5 Å². The van der Waals surface area contributed by atoms with Gasteiger partial charge < -0.3 is 14.1 Å². The third kappa shape index (κ3) is 3.95. The second-order valence-corrected chi connectivity index (χ2v) is 7.04. The molecular formula is C21H18ClN3O4. The normalized spacial score (nSPS) is 17.1. The number of hydrogen-bond acceptors (Lipinski definition) is 5. The van der Waals surface area contributed by atoms with E-state index in [-0.39, 0.29) is 5.69 Å². The van der Waals surface area contributed by atoms with E-state index in [0.29, 0.717) is 17.2 Å². The monoisotopic (exact) mass is 411 g/mol. The van der Waals surface area contributed by atoms with Crippen LogP contribution in [0.2, 0.25) is 5.02 Å². The molecule has 0 radical (unpaired) electrons. The first-order valence-electron chi connectivity index (χ1n) is 9.07. The number of aromatic amines is 1. The second kappa shape index (κ2) is 7.97. The van der Waals surface area contributed by atoms with Crippen LogP contribution in [0.4, 0.5) is 0 Å². The third-order valence-corrected chi connectivity index (χ3v) is 4.89. The topological polar surface area (TPSA) is 87.9 Å². The molecule has 8 heteroatoms. The molecule has 2 aromatic heterocycles. The number of esters is 1. The zero-order chi connectivity index (χ0) is 20.4. The number of ether oxygens (including phenoxy) is 1. The molecule has 1 N–H and O–H groups in total. The van der Waals surface area contributed by atoms with E-state index in [0.717, 1.165) is 11.3 Å². The maximum atomic E-state index is 13.1. The largest absolute Gasteiger partial charge is 0.467 e. The lowest BCUT2D eigenvalue weighted by atomic mass is 10.0. The molecule has 1 aliphatic heterocycles. The molecule has 29 heavy (non-hydrogen) atoms. The lowest BCUT2D eigenvalue weighted by Gasteiger charge is -2.23. The number of halogens is 1. The van der Waals surface area contributed by atoms with Gasteiger partial charge in [0, 0.05) is 17.6 Å². The Labute approximate surface area is 171 Å². The van der Waals surface area contributed by atoms with E-state index in [1.165, 1.54) is 11.9 Å². The highest BCUT2D eigenvalue weighted by atomic mass is 35.5. The van der Waals surface area contributed by atoms with Crippen molar-refractivity contribution in [1.29, 1.82) is 0 Å². The number of nitrogens with one attached hydrogen (secondary N) is 1. The summed E-state index contributed by atoms with van der Waals surface area (Å²) in [5.74, 6) is -0.435. The van der Waals surface area contributed by atoms with Gasteiger partial charge in [0.2, 0.25) is 0 Å². The van der Waals surface area contributed by atoms with Gasteiger partial charge in [-0.05, 0) is 48.9 Å². The van der Waals surface area contributed by atoms with Gasteiger partial charge in [0.15, 0.2) is 6.10 Å². The number of rotatable bonds is 5. The molecule has 1 aliphatic rings. The van der Waals surface area contributed by atoms with E-state index >= 15 is 0 Å². The van der Waals surface area contributed by atoms with Crippen LogP contribution in [-0.4, -0.2) is 33.7 Å².